The Morgan fingerprint density at radius 2 is 1.33 bits per heavy atom. The molecule has 0 saturated carbocycles. The highest BCUT2D eigenvalue weighted by Crippen LogP contribution is 2.27. The van der Waals surface area contributed by atoms with Crippen LogP contribution in [0.3, 0.4) is 0 Å². The lowest BCUT2D eigenvalue weighted by Gasteiger charge is -2.03. The van der Waals surface area contributed by atoms with Crippen molar-refractivity contribution < 1.29 is 5.11 Å². The van der Waals surface area contributed by atoms with Crippen LogP contribution in [-0.2, 0) is 0 Å². The molecule has 0 bridgehead atoms. The smallest absolute Gasteiger partial charge is 0.116 e. The Balaban J connectivity index is 2.57. The number of phenols is 1. The molecule has 3 rings (SSSR count). The first-order chi connectivity index (χ1) is 7.34. The third-order valence-electron chi connectivity index (χ3n) is 2.73. The van der Waals surface area contributed by atoms with Crippen LogP contribution < -0.4 is 0 Å². The van der Waals surface area contributed by atoms with Crippen LogP contribution in [0.25, 0.3) is 21.5 Å². The van der Waals surface area contributed by atoms with Crippen molar-refractivity contribution in [3.63, 3.8) is 0 Å². The van der Waals surface area contributed by atoms with E-state index < -0.39 is 0 Å². The largest absolute Gasteiger partial charge is 0.508 e. The van der Waals surface area contributed by atoms with Gasteiger partial charge < -0.3 is 5.11 Å². The van der Waals surface area contributed by atoms with Crippen LogP contribution >= 0.6 is 0 Å². The van der Waals surface area contributed by atoms with Gasteiger partial charge in [0.2, 0.25) is 0 Å². The first-order valence-electron chi connectivity index (χ1n) is 4.95. The fourth-order valence-corrected chi connectivity index (χ4v) is 1.99. The molecule has 15 heavy (non-hydrogen) atoms. The van der Waals surface area contributed by atoms with Gasteiger partial charge in [0.05, 0.1) is 0 Å². The Bertz CT molecular complexity index is 641. The maximum atomic E-state index is 9.49. The van der Waals surface area contributed by atoms with Gasteiger partial charge in [-0.2, -0.15) is 0 Å². The monoisotopic (exact) mass is 200 g/mol. The third-order valence-corrected chi connectivity index (χ3v) is 2.73. The van der Waals surface area contributed by atoms with Crippen LogP contribution in [0.15, 0.2) is 54.6 Å². The molecule has 72 valence electrons. The summed E-state index contributed by atoms with van der Waals surface area (Å²) in [5.41, 5.74) is 0. The average Bonchev–Trinajstić information content (AvgIpc) is 2.29. The molecule has 3 aromatic carbocycles. The van der Waals surface area contributed by atoms with E-state index in [4.69, 9.17) is 0 Å². The molecule has 0 aliphatic carbocycles. The van der Waals surface area contributed by atoms with Crippen LogP contribution in [0.1, 0.15) is 0 Å². The molecule has 0 aliphatic rings. The highest BCUT2D eigenvalue weighted by Gasteiger charge is 2.00. The molecular weight excluding hydrogens is 190 g/mol. The predicted molar refractivity (Wildman–Crippen MR) is 63.1 cm³/mol. The summed E-state index contributed by atoms with van der Waals surface area (Å²) < 4.78 is 0. The van der Waals surface area contributed by atoms with Crippen molar-refractivity contribution in [3.8, 4) is 5.75 Å². The molecule has 1 heteroatoms. The minimum absolute atomic E-state index is 0.318. The fourth-order valence-electron chi connectivity index (χ4n) is 1.99. The summed E-state index contributed by atoms with van der Waals surface area (Å²) in [5.74, 6) is 0.318. The SMILES string of the molecule is Oc1ccc2cc[13c]3[13cH][13cH][13cH][13cH][13c]3c2c1. The van der Waals surface area contributed by atoms with Gasteiger partial charge in [0.15, 0.2) is 0 Å². The Morgan fingerprint density at radius 3 is 2.20 bits per heavy atom. The predicted octanol–water partition coefficient (Wildman–Crippen LogP) is 3.70. The number of benzene rings is 3. The topological polar surface area (TPSA) is 20.2 Å². The number of rotatable bonds is 0. The molecule has 0 spiro atoms. The summed E-state index contributed by atoms with van der Waals surface area (Å²) in [6.45, 7) is 0. The fraction of sp³-hybridized carbons (Fsp3) is 0. The minimum atomic E-state index is 0.318. The van der Waals surface area contributed by atoms with E-state index in [-0.39, 0.29) is 0 Å². The highest BCUT2D eigenvalue weighted by atomic mass is 16.3. The van der Waals surface area contributed by atoms with Gasteiger partial charge in [0, 0.05) is 0 Å². The number of hydrogen-bond donors (Lipinski definition) is 1. The van der Waals surface area contributed by atoms with Gasteiger partial charge in [-0.15, -0.1) is 0 Å². The molecule has 0 atom stereocenters. The van der Waals surface area contributed by atoms with Gasteiger partial charge >= 0.3 is 0 Å². The van der Waals surface area contributed by atoms with Gasteiger partial charge in [-0.3, -0.25) is 0 Å². The van der Waals surface area contributed by atoms with Gasteiger partial charge in [-0.25, -0.2) is 0 Å². The zero-order valence-electron chi connectivity index (χ0n) is 8.14. The molecule has 0 amide bonds. The molecule has 0 radical (unpaired) electrons. The first-order valence-corrected chi connectivity index (χ1v) is 4.95. The Morgan fingerprint density at radius 1 is 0.667 bits per heavy atom. The van der Waals surface area contributed by atoms with Crippen LogP contribution in [0, 0.1) is 0 Å². The van der Waals surface area contributed by atoms with E-state index in [0.29, 0.717) is 5.75 Å². The van der Waals surface area contributed by atoms with Crippen molar-refractivity contribution in [1.29, 1.82) is 0 Å². The Kier molecular flexibility index (Phi) is 1.65. The van der Waals surface area contributed by atoms with Crippen LogP contribution in [0.2, 0.25) is 0 Å². The van der Waals surface area contributed by atoms with E-state index in [2.05, 4.69) is 24.3 Å². The maximum Gasteiger partial charge on any atom is 0.116 e. The van der Waals surface area contributed by atoms with E-state index in [9.17, 15) is 5.11 Å². The summed E-state index contributed by atoms with van der Waals surface area (Å²) in [4.78, 5) is 0. The molecule has 0 unspecified atom stereocenters. The zero-order valence-corrected chi connectivity index (χ0v) is 8.14. The summed E-state index contributed by atoms with van der Waals surface area (Å²) in [7, 11) is 0. The van der Waals surface area contributed by atoms with Gasteiger partial charge in [0.25, 0.3) is 0 Å². The molecule has 0 fully saturated rings. The number of phenolic OH excluding ortho intramolecular Hbond substituents is 1. The standard InChI is InChI=1S/C14H10O/c15-12-8-7-11-6-5-10-3-1-2-4-13(10)14(11)9-12/h1-9,15H/i1+1,2+1,3+1,4+1,10+1,13+1. The second-order valence-corrected chi connectivity index (χ2v) is 3.69. The normalized spacial score (nSPS) is 10.9. The first kappa shape index (κ1) is 8.30. The van der Waals surface area contributed by atoms with Crippen LogP contribution in [0.5, 0.6) is 5.75 Å². The van der Waals surface area contributed by atoms with Crippen LogP contribution in [-0.4, -0.2) is 5.11 Å². The lowest BCUT2D eigenvalue weighted by atomic mass is 10.2. The molecular formula is C14H10O. The van der Waals surface area contributed by atoms with Gasteiger partial charge in [-0.1, -0.05) is 42.5 Å². The van der Waals surface area contributed by atoms with E-state index in [1.165, 1.54) is 10.8 Å². The van der Waals surface area contributed by atoms with E-state index in [1.54, 1.807) is 6.07 Å². The molecule has 0 aliphatic heterocycles. The zero-order chi connectivity index (χ0) is 10.3. The van der Waals surface area contributed by atoms with E-state index >= 15 is 0 Å². The van der Waals surface area contributed by atoms with Crippen molar-refractivity contribution in [2.24, 2.45) is 0 Å². The Hall–Kier alpha value is -2.02. The maximum absolute atomic E-state index is 9.49. The summed E-state index contributed by atoms with van der Waals surface area (Å²) in [5, 5.41) is 14.1. The summed E-state index contributed by atoms with van der Waals surface area (Å²) in [6.07, 6.45) is 0. The lowest BCUT2D eigenvalue weighted by molar-refractivity contribution is 0.476. The lowest BCUT2D eigenvalue weighted by Crippen LogP contribution is -1.76. The Labute approximate surface area is 87.6 Å². The van der Waals surface area contributed by atoms with Crippen molar-refractivity contribution in [3.05, 3.63) is 54.6 Å². The molecule has 0 aromatic heterocycles. The molecule has 1 nitrogen and oxygen atoms in total. The highest BCUT2D eigenvalue weighted by molar-refractivity contribution is 6.07. The molecule has 3 aromatic rings. The summed E-state index contributed by atoms with van der Waals surface area (Å²) in [6, 6.07) is 17.9. The van der Waals surface area contributed by atoms with E-state index in [0.717, 1.165) is 10.8 Å². The van der Waals surface area contributed by atoms with E-state index in [1.807, 2.05) is 24.3 Å². The van der Waals surface area contributed by atoms with Crippen molar-refractivity contribution >= 4 is 21.5 Å². The van der Waals surface area contributed by atoms with Gasteiger partial charge in [0.1, 0.15) is 5.75 Å². The average molecular weight is 200 g/mol. The van der Waals surface area contributed by atoms with Crippen molar-refractivity contribution in [2.45, 2.75) is 0 Å². The number of hydrogen-bond acceptors (Lipinski definition) is 1. The summed E-state index contributed by atoms with van der Waals surface area (Å²) >= 11 is 0. The second kappa shape index (κ2) is 2.99. The van der Waals surface area contributed by atoms with Crippen LogP contribution in [0.4, 0.5) is 0 Å². The number of fused-ring (bicyclic) bond motifs is 3. The molecule has 0 heterocycles. The number of aromatic hydroxyl groups is 1. The third kappa shape index (κ3) is 1.24. The molecule has 0 saturated heterocycles. The second-order valence-electron chi connectivity index (χ2n) is 3.69. The minimum Gasteiger partial charge on any atom is -0.508 e. The van der Waals surface area contributed by atoms with Crippen molar-refractivity contribution in [2.75, 3.05) is 0 Å². The molecule has 1 N–H and O–H groups in total. The van der Waals surface area contributed by atoms with Crippen molar-refractivity contribution in [1.82, 2.24) is 0 Å². The van der Waals surface area contributed by atoms with Gasteiger partial charge in [-0.05, 0) is 33.7 Å². The quantitative estimate of drug-likeness (QED) is 0.548.